The number of carbonyl (C=O) groups is 1. The van der Waals surface area contributed by atoms with Gasteiger partial charge in [0.1, 0.15) is 24.3 Å². The standard InChI is InChI=1S/C23H20ClNO6/c1-27-18-6-4-16(5-7-18)23-25-17(14-31-23)13-30-21(26)8-3-15-11-19(24)22-20(12-15)28-9-2-10-29-22/h3-8,11-12,14H,2,9-10,13H2,1H3/b8-3+. The fourth-order valence-corrected chi connectivity index (χ4v) is 3.22. The Balaban J connectivity index is 1.35. The zero-order valence-electron chi connectivity index (χ0n) is 16.8. The van der Waals surface area contributed by atoms with E-state index in [1.165, 1.54) is 12.3 Å². The topological polar surface area (TPSA) is 80.0 Å². The molecule has 31 heavy (non-hydrogen) atoms. The summed E-state index contributed by atoms with van der Waals surface area (Å²) in [6.07, 6.45) is 5.17. The zero-order chi connectivity index (χ0) is 21.6. The van der Waals surface area contributed by atoms with Gasteiger partial charge in [-0.3, -0.25) is 0 Å². The van der Waals surface area contributed by atoms with E-state index in [9.17, 15) is 4.79 Å². The second-order valence-corrected chi connectivity index (χ2v) is 7.10. The van der Waals surface area contributed by atoms with Crippen LogP contribution in [0.15, 0.2) is 53.2 Å². The van der Waals surface area contributed by atoms with Gasteiger partial charge in [-0.05, 0) is 48.0 Å². The molecule has 0 saturated carbocycles. The molecule has 0 atom stereocenters. The molecule has 8 heteroatoms. The maximum absolute atomic E-state index is 12.1. The molecular formula is C23H20ClNO6. The first-order chi connectivity index (χ1) is 15.1. The van der Waals surface area contributed by atoms with E-state index in [2.05, 4.69) is 4.98 Å². The molecule has 7 nitrogen and oxygen atoms in total. The number of hydrogen-bond acceptors (Lipinski definition) is 7. The molecule has 0 radical (unpaired) electrons. The monoisotopic (exact) mass is 441 g/mol. The smallest absolute Gasteiger partial charge is 0.331 e. The zero-order valence-corrected chi connectivity index (χ0v) is 17.6. The summed E-state index contributed by atoms with van der Waals surface area (Å²) in [5.41, 5.74) is 2.00. The number of oxazole rings is 1. The molecule has 0 spiro atoms. The van der Waals surface area contributed by atoms with Crippen molar-refractivity contribution in [3.63, 3.8) is 0 Å². The number of fused-ring (bicyclic) bond motifs is 1. The summed E-state index contributed by atoms with van der Waals surface area (Å²) in [6, 6.07) is 10.8. The lowest BCUT2D eigenvalue weighted by molar-refractivity contribution is -0.139. The van der Waals surface area contributed by atoms with E-state index in [1.54, 1.807) is 25.3 Å². The number of aromatic nitrogens is 1. The molecule has 0 unspecified atom stereocenters. The lowest BCUT2D eigenvalue weighted by Crippen LogP contribution is -2.01. The molecule has 0 fully saturated rings. The van der Waals surface area contributed by atoms with Crippen molar-refractivity contribution < 1.29 is 28.2 Å². The second-order valence-electron chi connectivity index (χ2n) is 6.69. The first-order valence-electron chi connectivity index (χ1n) is 9.65. The minimum Gasteiger partial charge on any atom is -0.497 e. The number of methoxy groups -OCH3 is 1. The van der Waals surface area contributed by atoms with E-state index in [-0.39, 0.29) is 6.61 Å². The summed E-state index contributed by atoms with van der Waals surface area (Å²) in [7, 11) is 1.60. The number of hydrogen-bond donors (Lipinski definition) is 0. The molecule has 0 aliphatic carbocycles. The van der Waals surface area contributed by atoms with Crippen LogP contribution in [0.2, 0.25) is 5.02 Å². The molecule has 1 aliphatic rings. The molecule has 3 aromatic rings. The molecule has 0 bridgehead atoms. The average molecular weight is 442 g/mol. The van der Waals surface area contributed by atoms with Crippen LogP contribution in [0.5, 0.6) is 17.2 Å². The van der Waals surface area contributed by atoms with Gasteiger partial charge in [-0.25, -0.2) is 9.78 Å². The van der Waals surface area contributed by atoms with Gasteiger partial charge in [0, 0.05) is 18.1 Å². The minimum absolute atomic E-state index is 0.00920. The van der Waals surface area contributed by atoms with E-state index in [0.29, 0.717) is 46.9 Å². The Morgan fingerprint density at radius 3 is 2.81 bits per heavy atom. The number of carbonyl (C=O) groups excluding carboxylic acids is 1. The van der Waals surface area contributed by atoms with E-state index in [0.717, 1.165) is 17.7 Å². The van der Waals surface area contributed by atoms with E-state index in [4.69, 9.17) is 35.0 Å². The molecule has 0 amide bonds. The summed E-state index contributed by atoms with van der Waals surface area (Å²) >= 11 is 6.27. The molecule has 1 aromatic heterocycles. The van der Waals surface area contributed by atoms with Crippen LogP contribution in [-0.4, -0.2) is 31.3 Å². The third kappa shape index (κ3) is 5.19. The van der Waals surface area contributed by atoms with Crippen LogP contribution in [-0.2, 0) is 16.1 Å². The van der Waals surface area contributed by atoms with Crippen molar-refractivity contribution in [2.75, 3.05) is 20.3 Å². The quantitative estimate of drug-likeness (QED) is 0.396. The highest BCUT2D eigenvalue weighted by Gasteiger charge is 2.15. The summed E-state index contributed by atoms with van der Waals surface area (Å²) in [4.78, 5) is 16.4. The summed E-state index contributed by atoms with van der Waals surface area (Å²) < 4.78 is 27.1. The first kappa shape index (κ1) is 20.8. The van der Waals surface area contributed by atoms with Gasteiger partial charge in [0.15, 0.2) is 11.5 Å². The molecule has 2 aromatic carbocycles. The predicted octanol–water partition coefficient (Wildman–Crippen LogP) is 4.92. The molecule has 0 saturated heterocycles. The van der Waals surface area contributed by atoms with Crippen LogP contribution in [0, 0.1) is 0 Å². The van der Waals surface area contributed by atoms with Crippen molar-refractivity contribution in [1.29, 1.82) is 0 Å². The van der Waals surface area contributed by atoms with E-state index >= 15 is 0 Å². The molecule has 4 rings (SSSR count). The molecule has 0 N–H and O–H groups in total. The van der Waals surface area contributed by atoms with Crippen molar-refractivity contribution >= 4 is 23.6 Å². The van der Waals surface area contributed by atoms with Crippen LogP contribution < -0.4 is 14.2 Å². The van der Waals surface area contributed by atoms with E-state index < -0.39 is 5.97 Å². The Bertz CT molecular complexity index is 1090. The largest absolute Gasteiger partial charge is 0.497 e. The minimum atomic E-state index is -0.516. The third-order valence-electron chi connectivity index (χ3n) is 4.49. The predicted molar refractivity (Wildman–Crippen MR) is 114 cm³/mol. The van der Waals surface area contributed by atoms with Crippen LogP contribution in [0.1, 0.15) is 17.7 Å². The Morgan fingerprint density at radius 2 is 2.00 bits per heavy atom. The van der Waals surface area contributed by atoms with E-state index in [1.807, 2.05) is 24.3 Å². The van der Waals surface area contributed by atoms with Gasteiger partial charge in [0.25, 0.3) is 0 Å². The Morgan fingerprint density at radius 1 is 1.19 bits per heavy atom. The van der Waals surface area contributed by atoms with Crippen molar-refractivity contribution in [2.24, 2.45) is 0 Å². The second kappa shape index (κ2) is 9.57. The number of benzene rings is 2. The average Bonchev–Trinajstić information content (AvgIpc) is 3.13. The molecule has 2 heterocycles. The van der Waals surface area contributed by atoms with Crippen molar-refractivity contribution in [2.45, 2.75) is 13.0 Å². The highest BCUT2D eigenvalue weighted by molar-refractivity contribution is 6.32. The highest BCUT2D eigenvalue weighted by atomic mass is 35.5. The lowest BCUT2D eigenvalue weighted by Gasteiger charge is -2.09. The van der Waals surface area contributed by atoms with Gasteiger partial charge in [-0.2, -0.15) is 0 Å². The summed E-state index contributed by atoms with van der Waals surface area (Å²) in [5, 5.41) is 0.432. The normalized spacial score (nSPS) is 13.1. The third-order valence-corrected chi connectivity index (χ3v) is 4.77. The maximum Gasteiger partial charge on any atom is 0.331 e. The first-order valence-corrected chi connectivity index (χ1v) is 10.0. The van der Waals surface area contributed by atoms with Crippen LogP contribution in [0.3, 0.4) is 0 Å². The molecular weight excluding hydrogens is 422 g/mol. The van der Waals surface area contributed by atoms with Crippen LogP contribution >= 0.6 is 11.6 Å². The summed E-state index contributed by atoms with van der Waals surface area (Å²) in [6.45, 7) is 1.09. The molecule has 1 aliphatic heterocycles. The molecule has 160 valence electrons. The number of halogens is 1. The van der Waals surface area contributed by atoms with Crippen molar-refractivity contribution in [1.82, 2.24) is 4.98 Å². The van der Waals surface area contributed by atoms with Gasteiger partial charge in [-0.15, -0.1) is 0 Å². The maximum atomic E-state index is 12.1. The Labute approximate surface area is 184 Å². The lowest BCUT2D eigenvalue weighted by atomic mass is 10.2. The number of rotatable bonds is 6. The van der Waals surface area contributed by atoms with Gasteiger partial charge in [0.05, 0.1) is 25.3 Å². The fraction of sp³-hybridized carbons (Fsp3) is 0.217. The number of nitrogens with zero attached hydrogens (tertiary/aromatic N) is 1. The van der Waals surface area contributed by atoms with Gasteiger partial charge >= 0.3 is 5.97 Å². The van der Waals surface area contributed by atoms with Crippen LogP contribution in [0.25, 0.3) is 17.5 Å². The van der Waals surface area contributed by atoms with Crippen molar-refractivity contribution in [3.8, 4) is 28.7 Å². The Kier molecular flexibility index (Phi) is 6.43. The number of ether oxygens (including phenoxy) is 4. The van der Waals surface area contributed by atoms with Crippen molar-refractivity contribution in [3.05, 3.63) is 65.0 Å². The van der Waals surface area contributed by atoms with Gasteiger partial charge < -0.3 is 23.4 Å². The van der Waals surface area contributed by atoms with Gasteiger partial charge in [0.2, 0.25) is 5.89 Å². The van der Waals surface area contributed by atoms with Gasteiger partial charge in [-0.1, -0.05) is 11.6 Å². The van der Waals surface area contributed by atoms with Crippen LogP contribution in [0.4, 0.5) is 0 Å². The number of esters is 1. The fourth-order valence-electron chi connectivity index (χ4n) is 2.94. The SMILES string of the molecule is COc1ccc(-c2nc(COC(=O)/C=C/c3cc(Cl)c4c(c3)OCCCO4)co2)cc1. The highest BCUT2D eigenvalue weighted by Crippen LogP contribution is 2.38. The summed E-state index contributed by atoms with van der Waals surface area (Å²) in [5.74, 6) is 1.75. The Hall–Kier alpha value is -3.45.